The van der Waals surface area contributed by atoms with Crippen LogP contribution in [0.15, 0.2) is 36.5 Å². The van der Waals surface area contributed by atoms with E-state index in [1.54, 1.807) is 28.4 Å². The smallest absolute Gasteiger partial charge is 0.231 e. The summed E-state index contributed by atoms with van der Waals surface area (Å²) in [4.78, 5) is 4.61. The van der Waals surface area contributed by atoms with Crippen molar-refractivity contribution >= 4 is 5.95 Å². The fraction of sp³-hybridized carbons (Fsp3) is 0.348. The molecule has 1 aliphatic rings. The van der Waals surface area contributed by atoms with E-state index in [0.29, 0.717) is 42.9 Å². The Morgan fingerprint density at radius 2 is 1.78 bits per heavy atom. The van der Waals surface area contributed by atoms with Crippen molar-refractivity contribution in [3.05, 3.63) is 42.1 Å². The van der Waals surface area contributed by atoms with E-state index in [0.717, 1.165) is 28.3 Å². The standard InChI is InChI=1S/C23H27N3O6/c1-27-10-9-26-17(15-5-7-18-20(11-15)32-14-31-18)13-25-23(26)24-12-16-6-8-19(28-2)22(30-4)21(16)29-3/h5-8,11,13H,9-10,12,14H2,1-4H3,(H,24,25). The Hall–Kier alpha value is -3.59. The molecule has 1 aliphatic heterocycles. The monoisotopic (exact) mass is 441 g/mol. The third-order valence-electron chi connectivity index (χ3n) is 5.27. The molecular weight excluding hydrogens is 414 g/mol. The van der Waals surface area contributed by atoms with Crippen LogP contribution in [0.1, 0.15) is 5.56 Å². The van der Waals surface area contributed by atoms with E-state index in [2.05, 4.69) is 14.9 Å². The second-order valence-electron chi connectivity index (χ2n) is 7.03. The van der Waals surface area contributed by atoms with Gasteiger partial charge in [0, 0.05) is 31.3 Å². The van der Waals surface area contributed by atoms with Crippen molar-refractivity contribution in [1.82, 2.24) is 9.55 Å². The molecule has 0 atom stereocenters. The van der Waals surface area contributed by atoms with Gasteiger partial charge in [0.1, 0.15) is 0 Å². The van der Waals surface area contributed by atoms with E-state index < -0.39 is 0 Å². The van der Waals surface area contributed by atoms with E-state index in [9.17, 15) is 0 Å². The van der Waals surface area contributed by atoms with E-state index in [-0.39, 0.29) is 6.79 Å². The van der Waals surface area contributed by atoms with E-state index >= 15 is 0 Å². The molecule has 1 N–H and O–H groups in total. The van der Waals surface area contributed by atoms with Crippen molar-refractivity contribution in [3.63, 3.8) is 0 Å². The van der Waals surface area contributed by atoms with Crippen molar-refractivity contribution in [2.45, 2.75) is 13.1 Å². The summed E-state index contributed by atoms with van der Waals surface area (Å²) in [6.07, 6.45) is 1.83. The lowest BCUT2D eigenvalue weighted by Gasteiger charge is -2.17. The largest absolute Gasteiger partial charge is 0.493 e. The summed E-state index contributed by atoms with van der Waals surface area (Å²) in [6, 6.07) is 9.66. The van der Waals surface area contributed by atoms with Gasteiger partial charge in [-0.05, 0) is 30.3 Å². The fourth-order valence-corrected chi connectivity index (χ4v) is 3.69. The normalized spacial score (nSPS) is 12.0. The highest BCUT2D eigenvalue weighted by Gasteiger charge is 2.19. The number of ether oxygens (including phenoxy) is 6. The van der Waals surface area contributed by atoms with Gasteiger partial charge in [-0.15, -0.1) is 0 Å². The van der Waals surface area contributed by atoms with Crippen molar-refractivity contribution in [2.75, 3.05) is 47.2 Å². The van der Waals surface area contributed by atoms with Crippen LogP contribution in [0.5, 0.6) is 28.7 Å². The van der Waals surface area contributed by atoms with Crippen LogP contribution in [0, 0.1) is 0 Å². The van der Waals surface area contributed by atoms with Gasteiger partial charge < -0.3 is 38.3 Å². The number of aromatic nitrogens is 2. The van der Waals surface area contributed by atoms with Crippen LogP contribution in [0.2, 0.25) is 0 Å². The summed E-state index contributed by atoms with van der Waals surface area (Å²) in [7, 11) is 6.48. The Labute approximate surface area is 186 Å². The van der Waals surface area contributed by atoms with Gasteiger partial charge in [-0.1, -0.05) is 0 Å². The number of anilines is 1. The van der Waals surface area contributed by atoms with Crippen LogP contribution in [0.25, 0.3) is 11.3 Å². The first kappa shape index (κ1) is 21.6. The molecule has 0 aliphatic carbocycles. The lowest BCUT2D eigenvalue weighted by Crippen LogP contribution is -2.12. The molecule has 9 heteroatoms. The Balaban J connectivity index is 1.62. The quantitative estimate of drug-likeness (QED) is 0.511. The Bertz CT molecular complexity index is 1080. The number of nitrogens with zero attached hydrogens (tertiary/aromatic N) is 2. The van der Waals surface area contributed by atoms with Gasteiger partial charge in [0.05, 0.1) is 39.8 Å². The molecule has 2 aromatic carbocycles. The topological polar surface area (TPSA) is 85.2 Å². The van der Waals surface area contributed by atoms with Crippen LogP contribution in [-0.4, -0.2) is 51.4 Å². The van der Waals surface area contributed by atoms with Gasteiger partial charge in [-0.2, -0.15) is 0 Å². The zero-order valence-electron chi connectivity index (χ0n) is 18.6. The van der Waals surface area contributed by atoms with Crippen LogP contribution in [0.4, 0.5) is 5.95 Å². The zero-order chi connectivity index (χ0) is 22.5. The molecule has 0 radical (unpaired) electrons. The number of benzene rings is 2. The third-order valence-corrected chi connectivity index (χ3v) is 5.27. The average molecular weight is 441 g/mol. The molecule has 4 rings (SSSR count). The van der Waals surface area contributed by atoms with Gasteiger partial charge in [0.2, 0.25) is 18.5 Å². The molecule has 9 nitrogen and oxygen atoms in total. The lowest BCUT2D eigenvalue weighted by atomic mass is 10.1. The Morgan fingerprint density at radius 1 is 0.969 bits per heavy atom. The molecule has 2 heterocycles. The molecule has 0 unspecified atom stereocenters. The molecule has 32 heavy (non-hydrogen) atoms. The molecule has 0 amide bonds. The highest BCUT2D eigenvalue weighted by Crippen LogP contribution is 2.40. The molecule has 1 aromatic heterocycles. The number of nitrogens with one attached hydrogen (secondary N) is 1. The van der Waals surface area contributed by atoms with Crippen molar-refractivity contribution in [1.29, 1.82) is 0 Å². The van der Waals surface area contributed by atoms with Gasteiger partial charge in [-0.25, -0.2) is 4.98 Å². The van der Waals surface area contributed by atoms with Gasteiger partial charge in [-0.3, -0.25) is 0 Å². The first-order chi connectivity index (χ1) is 15.7. The number of hydrogen-bond acceptors (Lipinski definition) is 8. The summed E-state index contributed by atoms with van der Waals surface area (Å²) in [5, 5.41) is 3.41. The molecule has 0 bridgehead atoms. The predicted molar refractivity (Wildman–Crippen MR) is 119 cm³/mol. The molecule has 0 saturated heterocycles. The fourth-order valence-electron chi connectivity index (χ4n) is 3.69. The summed E-state index contributed by atoms with van der Waals surface area (Å²) < 4.78 is 34.8. The first-order valence-corrected chi connectivity index (χ1v) is 10.2. The average Bonchev–Trinajstić information content (AvgIpc) is 3.46. The summed E-state index contributed by atoms with van der Waals surface area (Å²) >= 11 is 0. The number of fused-ring (bicyclic) bond motifs is 1. The molecule has 3 aromatic rings. The Kier molecular flexibility index (Phi) is 6.55. The summed E-state index contributed by atoms with van der Waals surface area (Å²) in [5.41, 5.74) is 2.84. The SMILES string of the molecule is COCCn1c(-c2ccc3c(c2)OCO3)cnc1NCc1ccc(OC)c(OC)c1OC. The Morgan fingerprint density at radius 3 is 2.53 bits per heavy atom. The minimum Gasteiger partial charge on any atom is -0.493 e. The minimum absolute atomic E-state index is 0.238. The van der Waals surface area contributed by atoms with Crippen LogP contribution < -0.4 is 29.0 Å². The second-order valence-corrected chi connectivity index (χ2v) is 7.03. The number of rotatable bonds is 10. The molecule has 0 spiro atoms. The molecule has 0 saturated carbocycles. The zero-order valence-corrected chi connectivity index (χ0v) is 18.6. The van der Waals surface area contributed by atoms with Crippen molar-refractivity contribution in [2.24, 2.45) is 0 Å². The minimum atomic E-state index is 0.238. The van der Waals surface area contributed by atoms with Gasteiger partial charge >= 0.3 is 0 Å². The summed E-state index contributed by atoms with van der Waals surface area (Å²) in [5.74, 6) is 3.97. The van der Waals surface area contributed by atoms with Crippen molar-refractivity contribution < 1.29 is 28.4 Å². The second kappa shape index (κ2) is 9.69. The van der Waals surface area contributed by atoms with E-state index in [1.807, 2.05) is 36.5 Å². The number of imidazole rings is 1. The van der Waals surface area contributed by atoms with E-state index in [4.69, 9.17) is 28.4 Å². The highest BCUT2D eigenvalue weighted by molar-refractivity contribution is 5.66. The summed E-state index contributed by atoms with van der Waals surface area (Å²) in [6.45, 7) is 1.89. The highest BCUT2D eigenvalue weighted by atomic mass is 16.7. The molecule has 0 fully saturated rings. The van der Waals surface area contributed by atoms with E-state index in [1.165, 1.54) is 0 Å². The maximum Gasteiger partial charge on any atom is 0.231 e. The molecule has 170 valence electrons. The first-order valence-electron chi connectivity index (χ1n) is 10.2. The maximum atomic E-state index is 5.59. The van der Waals surface area contributed by atoms with Gasteiger partial charge in [0.25, 0.3) is 0 Å². The van der Waals surface area contributed by atoms with Crippen LogP contribution in [-0.2, 0) is 17.8 Å². The predicted octanol–water partition coefficient (Wildman–Crippen LogP) is 3.56. The number of methoxy groups -OCH3 is 4. The third kappa shape index (κ3) is 4.11. The van der Waals surface area contributed by atoms with Crippen LogP contribution in [0.3, 0.4) is 0 Å². The van der Waals surface area contributed by atoms with Crippen LogP contribution >= 0.6 is 0 Å². The number of hydrogen-bond donors (Lipinski definition) is 1. The lowest BCUT2D eigenvalue weighted by molar-refractivity contribution is 0.174. The van der Waals surface area contributed by atoms with Gasteiger partial charge in [0.15, 0.2) is 23.0 Å². The van der Waals surface area contributed by atoms with Crippen molar-refractivity contribution in [3.8, 4) is 40.0 Å². The molecular formula is C23H27N3O6. The maximum absolute atomic E-state index is 5.59.